The number of nitrogens with one attached hydrogen (secondary N) is 1. The van der Waals surface area contributed by atoms with Gasteiger partial charge in [0.2, 0.25) is 0 Å². The number of hydrogen-bond acceptors (Lipinski definition) is 2. The van der Waals surface area contributed by atoms with E-state index in [2.05, 4.69) is 12.2 Å². The Labute approximate surface area is 120 Å². The SMILES string of the molecule is C[C@@H](NC(=O)C[NH2+]Cc1ccco1)[C@H]1C[C@@H]2CC[C@H]1C2. The Balaban J connectivity index is 1.38. The maximum absolute atomic E-state index is 12.0. The first-order valence-corrected chi connectivity index (χ1v) is 7.86. The van der Waals surface area contributed by atoms with Gasteiger partial charge >= 0.3 is 0 Å². The van der Waals surface area contributed by atoms with Gasteiger partial charge in [0.25, 0.3) is 5.91 Å². The molecule has 110 valence electrons. The summed E-state index contributed by atoms with van der Waals surface area (Å²) < 4.78 is 5.25. The first-order valence-electron chi connectivity index (χ1n) is 7.86. The van der Waals surface area contributed by atoms with E-state index in [1.807, 2.05) is 17.4 Å². The molecule has 2 fully saturated rings. The third kappa shape index (κ3) is 3.06. The molecule has 0 unspecified atom stereocenters. The fourth-order valence-corrected chi connectivity index (χ4v) is 4.10. The highest BCUT2D eigenvalue weighted by Gasteiger charge is 2.42. The van der Waals surface area contributed by atoms with Crippen LogP contribution in [0.25, 0.3) is 0 Å². The zero-order valence-corrected chi connectivity index (χ0v) is 12.2. The number of carbonyl (C=O) groups excluding carboxylic acids is 1. The number of quaternary nitrogens is 1. The van der Waals surface area contributed by atoms with E-state index in [1.54, 1.807) is 6.26 Å². The van der Waals surface area contributed by atoms with Crippen molar-refractivity contribution in [2.24, 2.45) is 17.8 Å². The first-order chi connectivity index (χ1) is 9.72. The van der Waals surface area contributed by atoms with Crippen LogP contribution in [-0.2, 0) is 11.3 Å². The van der Waals surface area contributed by atoms with Crippen LogP contribution in [0.2, 0.25) is 0 Å². The maximum Gasteiger partial charge on any atom is 0.275 e. The summed E-state index contributed by atoms with van der Waals surface area (Å²) in [6.45, 7) is 3.38. The lowest BCUT2D eigenvalue weighted by molar-refractivity contribution is -0.661. The molecular weight excluding hydrogens is 252 g/mol. The number of rotatable bonds is 6. The summed E-state index contributed by atoms with van der Waals surface area (Å²) in [7, 11) is 0. The Kier molecular flexibility index (Phi) is 4.10. The van der Waals surface area contributed by atoms with Gasteiger partial charge in [0.05, 0.1) is 6.26 Å². The van der Waals surface area contributed by atoms with Crippen LogP contribution in [0.4, 0.5) is 0 Å². The van der Waals surface area contributed by atoms with Gasteiger partial charge in [-0.15, -0.1) is 0 Å². The summed E-state index contributed by atoms with van der Waals surface area (Å²) in [6, 6.07) is 4.14. The standard InChI is InChI=1S/C16H24N2O2/c1-11(15-8-12-4-5-13(15)7-12)18-16(19)10-17-9-14-3-2-6-20-14/h2-3,6,11-13,15,17H,4-5,7-10H2,1H3,(H,18,19)/p+1/t11-,12-,13+,15-/m1/s1. The van der Waals surface area contributed by atoms with Crippen molar-refractivity contribution < 1.29 is 14.5 Å². The van der Waals surface area contributed by atoms with Crippen LogP contribution in [0.3, 0.4) is 0 Å². The molecule has 1 aromatic rings. The minimum atomic E-state index is 0.145. The lowest BCUT2D eigenvalue weighted by atomic mass is 9.84. The van der Waals surface area contributed by atoms with Crippen LogP contribution in [0.15, 0.2) is 22.8 Å². The van der Waals surface area contributed by atoms with Crippen molar-refractivity contribution in [3.05, 3.63) is 24.2 Å². The van der Waals surface area contributed by atoms with Gasteiger partial charge in [0, 0.05) is 6.04 Å². The van der Waals surface area contributed by atoms with Crippen molar-refractivity contribution in [3.63, 3.8) is 0 Å². The smallest absolute Gasteiger partial charge is 0.275 e. The first kappa shape index (κ1) is 13.7. The van der Waals surface area contributed by atoms with Crippen LogP contribution in [0.5, 0.6) is 0 Å². The Bertz CT molecular complexity index is 443. The Hall–Kier alpha value is -1.29. The number of carbonyl (C=O) groups is 1. The van der Waals surface area contributed by atoms with Crippen molar-refractivity contribution >= 4 is 5.91 Å². The second-order valence-electron chi connectivity index (χ2n) is 6.47. The number of amides is 1. The van der Waals surface area contributed by atoms with E-state index in [0.717, 1.165) is 24.1 Å². The van der Waals surface area contributed by atoms with E-state index in [1.165, 1.54) is 25.7 Å². The minimum Gasteiger partial charge on any atom is -0.463 e. The van der Waals surface area contributed by atoms with Crippen molar-refractivity contribution in [2.45, 2.75) is 45.2 Å². The average molecular weight is 277 g/mol. The molecule has 2 bridgehead atoms. The molecular formula is C16H25N2O2+. The predicted octanol–water partition coefficient (Wildman–Crippen LogP) is 1.28. The average Bonchev–Trinajstić information content (AvgIpc) is 3.15. The molecule has 2 aliphatic rings. The molecule has 0 saturated heterocycles. The van der Waals surface area contributed by atoms with Crippen LogP contribution in [-0.4, -0.2) is 18.5 Å². The van der Waals surface area contributed by atoms with Gasteiger partial charge in [-0.1, -0.05) is 6.42 Å². The second-order valence-corrected chi connectivity index (χ2v) is 6.47. The Morgan fingerprint density at radius 2 is 2.40 bits per heavy atom. The minimum absolute atomic E-state index is 0.145. The van der Waals surface area contributed by atoms with Crippen LogP contribution in [0.1, 0.15) is 38.4 Å². The molecule has 4 nitrogen and oxygen atoms in total. The largest absolute Gasteiger partial charge is 0.463 e. The van der Waals surface area contributed by atoms with Gasteiger partial charge in [0.1, 0.15) is 6.54 Å². The highest BCUT2D eigenvalue weighted by atomic mass is 16.3. The number of fused-ring (bicyclic) bond motifs is 2. The Morgan fingerprint density at radius 1 is 1.50 bits per heavy atom. The monoisotopic (exact) mass is 277 g/mol. The molecule has 0 radical (unpaired) electrons. The summed E-state index contributed by atoms with van der Waals surface area (Å²) in [4.78, 5) is 12.0. The van der Waals surface area contributed by atoms with Gasteiger partial charge in [0.15, 0.2) is 12.3 Å². The van der Waals surface area contributed by atoms with Gasteiger partial charge in [-0.05, 0) is 56.1 Å². The van der Waals surface area contributed by atoms with Crippen molar-refractivity contribution in [2.75, 3.05) is 6.54 Å². The van der Waals surface area contributed by atoms with Gasteiger partial charge < -0.3 is 15.1 Å². The zero-order valence-electron chi connectivity index (χ0n) is 12.2. The molecule has 0 aliphatic heterocycles. The molecule has 4 heteroatoms. The van der Waals surface area contributed by atoms with Crippen molar-refractivity contribution in [3.8, 4) is 0 Å². The summed E-state index contributed by atoms with van der Waals surface area (Å²) in [5.41, 5.74) is 0. The van der Waals surface area contributed by atoms with Gasteiger partial charge in [-0.25, -0.2) is 0 Å². The van der Waals surface area contributed by atoms with E-state index < -0.39 is 0 Å². The van der Waals surface area contributed by atoms with Crippen molar-refractivity contribution in [1.82, 2.24) is 5.32 Å². The van der Waals surface area contributed by atoms with Crippen LogP contribution in [0, 0.1) is 17.8 Å². The molecule has 2 saturated carbocycles. The lowest BCUT2D eigenvalue weighted by Crippen LogP contribution is -2.85. The normalized spacial score (nSPS) is 29.6. The predicted molar refractivity (Wildman–Crippen MR) is 75.7 cm³/mol. The summed E-state index contributed by atoms with van der Waals surface area (Å²) in [5.74, 6) is 3.57. The molecule has 2 aliphatic carbocycles. The van der Waals surface area contributed by atoms with E-state index in [0.29, 0.717) is 18.5 Å². The molecule has 0 aromatic carbocycles. The number of hydrogen-bond donors (Lipinski definition) is 2. The molecule has 1 amide bonds. The zero-order chi connectivity index (χ0) is 13.9. The summed E-state index contributed by atoms with van der Waals surface area (Å²) in [5, 5.41) is 5.17. The summed E-state index contributed by atoms with van der Waals surface area (Å²) in [6.07, 6.45) is 7.18. The quantitative estimate of drug-likeness (QED) is 0.823. The summed E-state index contributed by atoms with van der Waals surface area (Å²) >= 11 is 0. The number of furan rings is 1. The Morgan fingerprint density at radius 3 is 3.05 bits per heavy atom. The van der Waals surface area contributed by atoms with E-state index in [9.17, 15) is 4.79 Å². The fourth-order valence-electron chi connectivity index (χ4n) is 4.10. The topological polar surface area (TPSA) is 58.9 Å². The van der Waals surface area contributed by atoms with E-state index >= 15 is 0 Å². The van der Waals surface area contributed by atoms with Gasteiger partial charge in [-0.3, -0.25) is 4.79 Å². The second kappa shape index (κ2) is 6.00. The molecule has 0 spiro atoms. The third-order valence-corrected chi connectivity index (χ3v) is 5.08. The molecule has 3 rings (SSSR count). The van der Waals surface area contributed by atoms with Crippen LogP contribution < -0.4 is 10.6 Å². The van der Waals surface area contributed by atoms with E-state index in [4.69, 9.17) is 4.42 Å². The van der Waals surface area contributed by atoms with Crippen molar-refractivity contribution in [1.29, 1.82) is 0 Å². The fraction of sp³-hybridized carbons (Fsp3) is 0.688. The number of nitrogens with two attached hydrogens (primary N) is 1. The molecule has 3 N–H and O–H groups in total. The molecule has 4 atom stereocenters. The van der Waals surface area contributed by atoms with E-state index in [-0.39, 0.29) is 5.91 Å². The molecule has 1 aromatic heterocycles. The molecule has 1 heterocycles. The van der Waals surface area contributed by atoms with Gasteiger partial charge in [-0.2, -0.15) is 0 Å². The van der Waals surface area contributed by atoms with Crippen LogP contribution >= 0.6 is 0 Å². The maximum atomic E-state index is 12.0. The lowest BCUT2D eigenvalue weighted by Gasteiger charge is -2.28. The third-order valence-electron chi connectivity index (χ3n) is 5.08. The molecule has 20 heavy (non-hydrogen) atoms. The highest BCUT2D eigenvalue weighted by Crippen LogP contribution is 2.49. The highest BCUT2D eigenvalue weighted by molar-refractivity contribution is 5.77.